The van der Waals surface area contributed by atoms with Gasteiger partial charge in [-0.3, -0.25) is 9.79 Å². The van der Waals surface area contributed by atoms with Crippen LogP contribution in [0.2, 0.25) is 0 Å². The van der Waals surface area contributed by atoms with E-state index < -0.39 is 5.91 Å². The molecule has 3 rings (SSSR count). The second-order valence-corrected chi connectivity index (χ2v) is 8.36. The largest absolute Gasteiger partial charge is 0.457 e. The smallest absolute Gasteiger partial charge is 0.254 e. The van der Waals surface area contributed by atoms with Crippen LogP contribution in [-0.4, -0.2) is 35.8 Å². The SMILES string of the molecule is CC(C)c1ccc(Oc2cccc(C(N)=C(C(N)=O)C(N)=NC3CCCN(C#N)C3)c2)cc1. The molecule has 1 unspecified atom stereocenters. The maximum atomic E-state index is 12.2. The molecule has 1 fully saturated rings. The third-order valence-corrected chi connectivity index (χ3v) is 5.56. The highest BCUT2D eigenvalue weighted by Crippen LogP contribution is 2.26. The van der Waals surface area contributed by atoms with Crippen LogP contribution in [0.4, 0.5) is 0 Å². The number of carbonyl (C=O) groups excluding carboxylic acids is 1. The van der Waals surface area contributed by atoms with Gasteiger partial charge in [-0.2, -0.15) is 5.26 Å². The van der Waals surface area contributed by atoms with Crippen molar-refractivity contribution >= 4 is 17.4 Å². The van der Waals surface area contributed by atoms with Gasteiger partial charge in [-0.05, 0) is 48.6 Å². The number of nitrogens with zero attached hydrogens (tertiary/aromatic N) is 3. The molecule has 0 radical (unpaired) electrons. The van der Waals surface area contributed by atoms with Gasteiger partial charge >= 0.3 is 0 Å². The third-order valence-electron chi connectivity index (χ3n) is 5.56. The van der Waals surface area contributed by atoms with Crippen molar-refractivity contribution in [2.24, 2.45) is 22.2 Å². The van der Waals surface area contributed by atoms with Crippen LogP contribution in [-0.2, 0) is 4.79 Å². The van der Waals surface area contributed by atoms with Crippen molar-refractivity contribution in [1.82, 2.24) is 4.90 Å². The summed E-state index contributed by atoms with van der Waals surface area (Å²) in [5.41, 5.74) is 19.9. The molecule has 1 atom stereocenters. The maximum absolute atomic E-state index is 12.2. The fourth-order valence-corrected chi connectivity index (χ4v) is 3.74. The molecule has 1 saturated heterocycles. The number of aliphatic imine (C=N–C) groups is 1. The van der Waals surface area contributed by atoms with Crippen LogP contribution >= 0.6 is 0 Å². The number of primary amides is 1. The summed E-state index contributed by atoms with van der Waals surface area (Å²) in [6.07, 6.45) is 3.71. The van der Waals surface area contributed by atoms with Crippen molar-refractivity contribution in [1.29, 1.82) is 5.26 Å². The average molecular weight is 447 g/mol. The number of likely N-dealkylation sites (tertiary alicyclic amines) is 1. The molecule has 0 saturated carbocycles. The summed E-state index contributed by atoms with van der Waals surface area (Å²) < 4.78 is 5.96. The van der Waals surface area contributed by atoms with E-state index in [1.165, 1.54) is 5.56 Å². The maximum Gasteiger partial charge on any atom is 0.254 e. The average Bonchev–Trinajstić information content (AvgIpc) is 2.79. The van der Waals surface area contributed by atoms with E-state index in [1.807, 2.05) is 24.3 Å². The van der Waals surface area contributed by atoms with Gasteiger partial charge in [-0.25, -0.2) is 0 Å². The Bertz CT molecular complexity index is 1100. The lowest BCUT2D eigenvalue weighted by molar-refractivity contribution is -0.114. The van der Waals surface area contributed by atoms with Gasteiger partial charge in [0.2, 0.25) is 0 Å². The first-order valence-electron chi connectivity index (χ1n) is 10.9. The number of nitrogens with two attached hydrogens (primary N) is 3. The molecule has 1 aliphatic heterocycles. The first-order valence-corrected chi connectivity index (χ1v) is 10.9. The van der Waals surface area contributed by atoms with Gasteiger partial charge in [0.15, 0.2) is 6.19 Å². The topological polar surface area (TPSA) is 144 Å². The van der Waals surface area contributed by atoms with Crippen LogP contribution in [0.3, 0.4) is 0 Å². The number of nitriles is 1. The summed E-state index contributed by atoms with van der Waals surface area (Å²) in [5, 5.41) is 9.13. The van der Waals surface area contributed by atoms with Crippen molar-refractivity contribution in [3.05, 3.63) is 65.2 Å². The summed E-state index contributed by atoms with van der Waals surface area (Å²) in [4.78, 5) is 18.3. The number of rotatable bonds is 7. The van der Waals surface area contributed by atoms with Gasteiger partial charge in [-0.1, -0.05) is 38.1 Å². The van der Waals surface area contributed by atoms with Gasteiger partial charge in [0.1, 0.15) is 22.9 Å². The van der Waals surface area contributed by atoms with E-state index in [4.69, 9.17) is 27.2 Å². The Labute approximate surface area is 194 Å². The summed E-state index contributed by atoms with van der Waals surface area (Å²) in [6, 6.07) is 14.7. The van der Waals surface area contributed by atoms with Gasteiger partial charge in [0.05, 0.1) is 18.3 Å². The number of benzene rings is 2. The summed E-state index contributed by atoms with van der Waals surface area (Å²) in [5.74, 6) is 0.889. The minimum Gasteiger partial charge on any atom is -0.457 e. The molecule has 6 N–H and O–H groups in total. The molecule has 2 aromatic carbocycles. The van der Waals surface area contributed by atoms with E-state index in [0.717, 1.165) is 12.8 Å². The molecule has 8 nitrogen and oxygen atoms in total. The lowest BCUT2D eigenvalue weighted by atomic mass is 10.0. The Kier molecular flexibility index (Phi) is 7.57. The Morgan fingerprint density at radius 3 is 2.52 bits per heavy atom. The fraction of sp³-hybridized carbons (Fsp3) is 0.320. The van der Waals surface area contributed by atoms with Crippen LogP contribution in [0.25, 0.3) is 5.70 Å². The fourth-order valence-electron chi connectivity index (χ4n) is 3.74. The molecular formula is C25H30N6O2. The quantitative estimate of drug-likeness (QED) is 0.258. The monoisotopic (exact) mass is 446 g/mol. The number of ether oxygens (including phenoxy) is 1. The second kappa shape index (κ2) is 10.6. The summed E-state index contributed by atoms with van der Waals surface area (Å²) in [6.45, 7) is 5.40. The number of amidine groups is 1. The molecule has 0 aliphatic carbocycles. The van der Waals surface area contributed by atoms with Crippen LogP contribution in [0.15, 0.2) is 59.1 Å². The van der Waals surface area contributed by atoms with Crippen molar-refractivity contribution < 1.29 is 9.53 Å². The normalized spacial score (nSPS) is 17.3. The van der Waals surface area contributed by atoms with Crippen molar-refractivity contribution in [2.45, 2.75) is 38.6 Å². The van der Waals surface area contributed by atoms with Crippen LogP contribution < -0.4 is 21.9 Å². The zero-order valence-corrected chi connectivity index (χ0v) is 19.0. The first kappa shape index (κ1) is 23.7. The Balaban J connectivity index is 1.86. The highest BCUT2D eigenvalue weighted by Gasteiger charge is 2.22. The second-order valence-electron chi connectivity index (χ2n) is 8.36. The Morgan fingerprint density at radius 1 is 1.15 bits per heavy atom. The predicted octanol–water partition coefficient (Wildman–Crippen LogP) is 3.06. The number of carbonyl (C=O) groups is 1. The zero-order valence-electron chi connectivity index (χ0n) is 19.0. The lowest BCUT2D eigenvalue weighted by Gasteiger charge is -2.26. The molecule has 172 valence electrons. The van der Waals surface area contributed by atoms with E-state index in [9.17, 15) is 4.79 Å². The first-order chi connectivity index (χ1) is 15.8. The summed E-state index contributed by atoms with van der Waals surface area (Å²) >= 11 is 0. The molecule has 1 aliphatic rings. The third kappa shape index (κ3) is 6.04. The van der Waals surface area contributed by atoms with Crippen LogP contribution in [0, 0.1) is 11.5 Å². The minimum absolute atomic E-state index is 0.0274. The number of hydrogen-bond acceptors (Lipinski definition) is 6. The molecule has 8 heteroatoms. The van der Waals surface area contributed by atoms with E-state index in [2.05, 4.69) is 25.0 Å². The molecule has 0 aromatic heterocycles. The number of amides is 1. The molecule has 1 amide bonds. The standard InChI is InChI=1S/C25H30N6O2/c1-16(2)17-8-10-20(11-9-17)33-21-7-3-5-18(13-21)23(27)22(25(29)32)24(28)30-19-6-4-12-31(14-19)15-26/h3,5,7-11,13,16,19H,4,6,12,14,27H2,1-2H3,(H2,28,30)(H2,29,32). The molecule has 33 heavy (non-hydrogen) atoms. The van der Waals surface area contributed by atoms with Crippen molar-refractivity contribution in [3.8, 4) is 17.7 Å². The van der Waals surface area contributed by atoms with Gasteiger partial charge < -0.3 is 26.8 Å². The van der Waals surface area contributed by atoms with Crippen LogP contribution in [0.5, 0.6) is 11.5 Å². The van der Waals surface area contributed by atoms with Crippen molar-refractivity contribution in [3.63, 3.8) is 0 Å². The highest BCUT2D eigenvalue weighted by molar-refractivity contribution is 6.24. The van der Waals surface area contributed by atoms with Crippen LogP contribution in [0.1, 0.15) is 43.7 Å². The lowest BCUT2D eigenvalue weighted by Crippen LogP contribution is -2.37. The molecule has 0 spiro atoms. The van der Waals surface area contributed by atoms with E-state index in [1.54, 1.807) is 29.2 Å². The Morgan fingerprint density at radius 2 is 1.88 bits per heavy atom. The van der Waals surface area contributed by atoms with Crippen molar-refractivity contribution in [2.75, 3.05) is 13.1 Å². The molecule has 0 bridgehead atoms. The minimum atomic E-state index is -0.766. The van der Waals surface area contributed by atoms with E-state index in [-0.39, 0.29) is 23.1 Å². The predicted molar refractivity (Wildman–Crippen MR) is 129 cm³/mol. The van der Waals surface area contributed by atoms with E-state index in [0.29, 0.717) is 36.1 Å². The van der Waals surface area contributed by atoms with Gasteiger partial charge in [0, 0.05) is 12.1 Å². The highest BCUT2D eigenvalue weighted by atomic mass is 16.5. The van der Waals surface area contributed by atoms with Gasteiger partial charge in [0.25, 0.3) is 5.91 Å². The van der Waals surface area contributed by atoms with Gasteiger partial charge in [-0.15, -0.1) is 0 Å². The summed E-state index contributed by atoms with van der Waals surface area (Å²) in [7, 11) is 0. The zero-order chi connectivity index (χ0) is 24.0. The molecule has 2 aromatic rings. The molecule has 1 heterocycles. The Hall–Kier alpha value is -3.99. The number of piperidine rings is 1. The van der Waals surface area contributed by atoms with E-state index >= 15 is 0 Å². The number of hydrogen-bond donors (Lipinski definition) is 3. The molecular weight excluding hydrogens is 416 g/mol.